The van der Waals surface area contributed by atoms with E-state index >= 15 is 0 Å². The van der Waals surface area contributed by atoms with E-state index in [4.69, 9.17) is 4.42 Å². The normalized spacial score (nSPS) is 14.1. The van der Waals surface area contributed by atoms with Crippen molar-refractivity contribution < 1.29 is 17.6 Å². The highest BCUT2D eigenvalue weighted by Crippen LogP contribution is 2.32. The Morgan fingerprint density at radius 3 is 2.68 bits per heavy atom. The van der Waals surface area contributed by atoms with Crippen LogP contribution >= 0.6 is 11.3 Å². The maximum atomic E-state index is 13.1. The number of thiazole rings is 1. The van der Waals surface area contributed by atoms with Crippen LogP contribution in [0.5, 0.6) is 0 Å². The molecule has 5 rings (SSSR count). The lowest BCUT2D eigenvalue weighted by molar-refractivity contribution is 0.102. The Morgan fingerprint density at radius 2 is 1.91 bits per heavy atom. The highest BCUT2D eigenvalue weighted by molar-refractivity contribution is 7.89. The van der Waals surface area contributed by atoms with E-state index in [1.165, 1.54) is 22.0 Å². The van der Waals surface area contributed by atoms with E-state index in [0.29, 0.717) is 23.9 Å². The van der Waals surface area contributed by atoms with Crippen molar-refractivity contribution in [1.82, 2.24) is 14.3 Å². The van der Waals surface area contributed by atoms with Crippen LogP contribution in [0.1, 0.15) is 32.2 Å². The molecule has 0 aliphatic carbocycles. The Labute approximate surface area is 201 Å². The average Bonchev–Trinajstić information content (AvgIpc) is 3.45. The van der Waals surface area contributed by atoms with Crippen LogP contribution in [0.15, 0.2) is 64.2 Å². The molecule has 2 aromatic carbocycles. The molecule has 4 aromatic rings. The van der Waals surface area contributed by atoms with Gasteiger partial charge in [-0.05, 0) is 32.0 Å². The van der Waals surface area contributed by atoms with E-state index in [0.717, 1.165) is 27.3 Å². The average molecular weight is 495 g/mol. The fourth-order valence-corrected chi connectivity index (χ4v) is 6.35. The number of rotatable bonds is 5. The van der Waals surface area contributed by atoms with E-state index in [2.05, 4.69) is 15.3 Å². The maximum absolute atomic E-state index is 13.1. The number of carbonyl (C=O) groups excluding carboxylic acids is 1. The third kappa shape index (κ3) is 4.27. The van der Waals surface area contributed by atoms with Crippen molar-refractivity contribution in [3.8, 4) is 11.3 Å². The number of anilines is 1. The predicted octanol–water partition coefficient (Wildman–Crippen LogP) is 4.41. The summed E-state index contributed by atoms with van der Waals surface area (Å²) in [6, 6.07) is 14.5. The van der Waals surface area contributed by atoms with E-state index in [1.54, 1.807) is 24.3 Å². The summed E-state index contributed by atoms with van der Waals surface area (Å²) >= 11 is 1.27. The Balaban J connectivity index is 1.34. The topological polar surface area (TPSA) is 105 Å². The van der Waals surface area contributed by atoms with Crippen LogP contribution in [-0.4, -0.2) is 35.1 Å². The molecular weight excluding hydrogens is 472 g/mol. The molecule has 0 unspecified atom stereocenters. The summed E-state index contributed by atoms with van der Waals surface area (Å²) in [6.07, 6.45) is 1.72. The van der Waals surface area contributed by atoms with Gasteiger partial charge in [0.15, 0.2) is 23.0 Å². The second kappa shape index (κ2) is 8.79. The van der Waals surface area contributed by atoms with Crippen molar-refractivity contribution >= 4 is 32.4 Å². The minimum absolute atomic E-state index is 0.169. The van der Waals surface area contributed by atoms with Gasteiger partial charge in [-0.2, -0.15) is 4.31 Å². The summed E-state index contributed by atoms with van der Waals surface area (Å²) < 4.78 is 33.1. The fraction of sp³-hybridized carbons (Fsp3) is 0.208. The number of amides is 1. The lowest BCUT2D eigenvalue weighted by Crippen LogP contribution is -2.35. The Morgan fingerprint density at radius 1 is 1.12 bits per heavy atom. The fourth-order valence-electron chi connectivity index (χ4n) is 3.85. The van der Waals surface area contributed by atoms with Crippen molar-refractivity contribution in [2.75, 3.05) is 11.9 Å². The van der Waals surface area contributed by atoms with Gasteiger partial charge in [0.25, 0.3) is 5.91 Å². The largest absolute Gasteiger partial charge is 0.443 e. The Bertz CT molecular complexity index is 1470. The number of nitrogens with zero attached hydrogens (tertiary/aromatic N) is 3. The molecule has 0 atom stereocenters. The molecule has 8 nitrogen and oxygen atoms in total. The molecule has 1 aliphatic rings. The smallest absolute Gasteiger partial charge is 0.280 e. The summed E-state index contributed by atoms with van der Waals surface area (Å²) in [5, 5.41) is 3.20. The molecule has 0 radical (unpaired) electrons. The highest BCUT2D eigenvalue weighted by Gasteiger charge is 2.31. The van der Waals surface area contributed by atoms with Crippen LogP contribution in [-0.2, 0) is 23.0 Å². The molecular formula is C24H22N4O4S2. The van der Waals surface area contributed by atoms with Gasteiger partial charge in [0.2, 0.25) is 10.0 Å². The summed E-state index contributed by atoms with van der Waals surface area (Å²) in [5.41, 5.74) is 3.77. The summed E-state index contributed by atoms with van der Waals surface area (Å²) in [6.45, 7) is 4.43. The van der Waals surface area contributed by atoms with Crippen LogP contribution in [0.25, 0.3) is 11.3 Å². The molecule has 1 aliphatic heterocycles. The minimum atomic E-state index is -3.61. The third-order valence-corrected chi connectivity index (χ3v) is 8.50. The van der Waals surface area contributed by atoms with Crippen LogP contribution in [0.3, 0.4) is 0 Å². The van der Waals surface area contributed by atoms with Crippen LogP contribution < -0.4 is 5.32 Å². The zero-order valence-corrected chi connectivity index (χ0v) is 20.2. The van der Waals surface area contributed by atoms with Gasteiger partial charge in [0.05, 0.1) is 17.1 Å². The summed E-state index contributed by atoms with van der Waals surface area (Å²) in [5.74, 6) is -0.0432. The zero-order valence-electron chi connectivity index (χ0n) is 18.6. The Kier molecular flexibility index (Phi) is 5.80. The molecule has 34 heavy (non-hydrogen) atoms. The maximum Gasteiger partial charge on any atom is 0.280 e. The van der Waals surface area contributed by atoms with Crippen molar-refractivity contribution in [1.29, 1.82) is 0 Å². The monoisotopic (exact) mass is 494 g/mol. The first-order valence-electron chi connectivity index (χ1n) is 10.7. The number of hydrogen-bond acceptors (Lipinski definition) is 7. The molecule has 10 heteroatoms. The Hall–Kier alpha value is -3.34. The van der Waals surface area contributed by atoms with Gasteiger partial charge < -0.3 is 4.42 Å². The molecule has 0 saturated carbocycles. The molecule has 0 bridgehead atoms. The number of fused-ring (bicyclic) bond motifs is 1. The summed E-state index contributed by atoms with van der Waals surface area (Å²) in [4.78, 5) is 22.6. The minimum Gasteiger partial charge on any atom is -0.443 e. The summed E-state index contributed by atoms with van der Waals surface area (Å²) in [7, 11) is -3.61. The zero-order chi connectivity index (χ0) is 23.9. The molecule has 0 fully saturated rings. The third-order valence-electron chi connectivity index (χ3n) is 5.64. The number of aryl methyl sites for hydroxylation is 2. The van der Waals surface area contributed by atoms with Crippen molar-refractivity contribution in [2.45, 2.75) is 31.7 Å². The van der Waals surface area contributed by atoms with Crippen molar-refractivity contribution in [2.24, 2.45) is 0 Å². The number of nitrogens with one attached hydrogen (secondary N) is 1. The van der Waals surface area contributed by atoms with Gasteiger partial charge in [-0.3, -0.25) is 10.1 Å². The number of aromatic nitrogens is 2. The second-order valence-electron chi connectivity index (χ2n) is 8.14. The van der Waals surface area contributed by atoms with Gasteiger partial charge in [0.1, 0.15) is 0 Å². The molecule has 0 spiro atoms. The molecule has 2 aromatic heterocycles. The first-order chi connectivity index (χ1) is 16.3. The second-order valence-corrected chi connectivity index (χ2v) is 11.2. The SMILES string of the molecule is Cc1ccc(S(=O)(=O)N2CCc3nc(NC(=O)c4ncoc4-c4cccc(C)c4)sc3C2)cc1. The number of carbonyl (C=O) groups is 1. The van der Waals surface area contributed by atoms with Gasteiger partial charge >= 0.3 is 0 Å². The highest BCUT2D eigenvalue weighted by atomic mass is 32.2. The van der Waals surface area contributed by atoms with Gasteiger partial charge in [0, 0.05) is 23.4 Å². The lowest BCUT2D eigenvalue weighted by atomic mass is 10.1. The van der Waals surface area contributed by atoms with Gasteiger partial charge in [-0.15, -0.1) is 11.3 Å². The first-order valence-corrected chi connectivity index (χ1v) is 12.9. The van der Waals surface area contributed by atoms with Crippen LogP contribution in [0.2, 0.25) is 0 Å². The quantitative estimate of drug-likeness (QED) is 0.440. The van der Waals surface area contributed by atoms with E-state index in [-0.39, 0.29) is 17.1 Å². The number of hydrogen-bond donors (Lipinski definition) is 1. The van der Waals surface area contributed by atoms with E-state index in [9.17, 15) is 13.2 Å². The van der Waals surface area contributed by atoms with Crippen LogP contribution in [0, 0.1) is 13.8 Å². The molecule has 0 saturated heterocycles. The van der Waals surface area contributed by atoms with E-state index < -0.39 is 15.9 Å². The van der Waals surface area contributed by atoms with Crippen LogP contribution in [0.4, 0.5) is 5.13 Å². The standard InChI is InChI=1S/C24H22N4O4S2/c1-15-6-8-18(9-7-15)34(30,31)28-11-10-19-20(13-28)33-24(26-19)27-23(29)21-22(32-14-25-21)17-5-3-4-16(2)12-17/h3-9,12,14H,10-11,13H2,1-2H3,(H,26,27,29). The molecule has 1 amide bonds. The number of sulfonamides is 1. The van der Waals surface area contributed by atoms with Crippen molar-refractivity contribution in [3.63, 3.8) is 0 Å². The lowest BCUT2D eigenvalue weighted by Gasteiger charge is -2.25. The van der Waals surface area contributed by atoms with Gasteiger partial charge in [-0.1, -0.05) is 41.5 Å². The number of oxazole rings is 1. The van der Waals surface area contributed by atoms with Crippen molar-refractivity contribution in [3.05, 3.63) is 82.3 Å². The van der Waals surface area contributed by atoms with E-state index in [1.807, 2.05) is 38.1 Å². The van der Waals surface area contributed by atoms with Gasteiger partial charge in [-0.25, -0.2) is 18.4 Å². The number of benzene rings is 2. The molecule has 1 N–H and O–H groups in total. The first kappa shape index (κ1) is 22.5. The predicted molar refractivity (Wildman–Crippen MR) is 129 cm³/mol. The molecule has 174 valence electrons. The molecule has 3 heterocycles.